The van der Waals surface area contributed by atoms with Gasteiger partial charge in [-0.15, -0.1) is 0 Å². The maximum Gasteiger partial charge on any atom is 0.272 e. The van der Waals surface area contributed by atoms with Gasteiger partial charge in [0.1, 0.15) is 5.75 Å². The number of carbonyl (C=O) groups excluding carboxylic acids is 1. The van der Waals surface area contributed by atoms with Crippen molar-refractivity contribution in [2.45, 2.75) is 26.7 Å². The number of amides is 1. The minimum Gasteiger partial charge on any atom is -0.508 e. The number of phenols is 1. The van der Waals surface area contributed by atoms with Gasteiger partial charge in [0.05, 0.1) is 5.56 Å². The molecule has 2 aromatic rings. The molecule has 2 N–H and O–H groups in total. The van der Waals surface area contributed by atoms with Crippen LogP contribution in [-0.2, 0) is 0 Å². The molecule has 20 heavy (non-hydrogen) atoms. The van der Waals surface area contributed by atoms with Gasteiger partial charge in [0.15, 0.2) is 0 Å². The van der Waals surface area contributed by atoms with E-state index in [1.807, 2.05) is 31.2 Å². The van der Waals surface area contributed by atoms with E-state index >= 15 is 0 Å². The molecule has 0 atom stereocenters. The second kappa shape index (κ2) is 6.19. The number of carbonyl (C=O) groups is 1. The monoisotopic (exact) mass is 270 g/mol. The van der Waals surface area contributed by atoms with Gasteiger partial charge >= 0.3 is 0 Å². The summed E-state index contributed by atoms with van der Waals surface area (Å²) in [6.07, 6.45) is 1.83. The highest BCUT2D eigenvalue weighted by Gasteiger charge is 2.11. The summed E-state index contributed by atoms with van der Waals surface area (Å²) in [6.45, 7) is 3.94. The third-order valence-electron chi connectivity index (χ3n) is 3.05. The van der Waals surface area contributed by atoms with Gasteiger partial charge in [-0.3, -0.25) is 4.79 Å². The van der Waals surface area contributed by atoms with Gasteiger partial charge in [-0.2, -0.15) is 5.10 Å². The predicted molar refractivity (Wildman–Crippen MR) is 81.1 cm³/mol. The largest absolute Gasteiger partial charge is 0.508 e. The molecule has 4 heteroatoms. The Labute approximate surface area is 118 Å². The molecule has 4 nitrogen and oxygen atoms in total. The molecule has 0 aromatic heterocycles. The Morgan fingerprint density at radius 3 is 2.80 bits per heavy atom. The number of benzene rings is 2. The third-order valence-corrected chi connectivity index (χ3v) is 3.05. The molecule has 0 aliphatic rings. The van der Waals surface area contributed by atoms with Crippen LogP contribution in [0.3, 0.4) is 0 Å². The molecule has 1 amide bonds. The molecule has 104 valence electrons. The third kappa shape index (κ3) is 3.15. The first-order valence-corrected chi connectivity index (χ1v) is 6.67. The van der Waals surface area contributed by atoms with Gasteiger partial charge in [-0.25, -0.2) is 5.43 Å². The fourth-order valence-corrected chi connectivity index (χ4v) is 2.11. The van der Waals surface area contributed by atoms with Crippen LogP contribution in [0.2, 0.25) is 0 Å². The Morgan fingerprint density at radius 1 is 1.30 bits per heavy atom. The van der Waals surface area contributed by atoms with Gasteiger partial charge in [0.2, 0.25) is 0 Å². The highest BCUT2D eigenvalue weighted by molar-refractivity contribution is 6.07. The van der Waals surface area contributed by atoms with E-state index in [2.05, 4.69) is 17.5 Å². The van der Waals surface area contributed by atoms with Crippen molar-refractivity contribution in [3.05, 3.63) is 42.0 Å². The number of aromatic hydroxyl groups is 1. The minimum absolute atomic E-state index is 0.0723. The number of hydrogen-bond donors (Lipinski definition) is 2. The number of nitrogens with one attached hydrogen (secondary N) is 1. The van der Waals surface area contributed by atoms with Crippen LogP contribution in [0.4, 0.5) is 0 Å². The smallest absolute Gasteiger partial charge is 0.272 e. The molecule has 0 heterocycles. The van der Waals surface area contributed by atoms with Crippen molar-refractivity contribution >= 4 is 22.4 Å². The summed E-state index contributed by atoms with van der Waals surface area (Å²) < 4.78 is 0. The Bertz CT molecular complexity index is 663. The van der Waals surface area contributed by atoms with Gasteiger partial charge in [-0.1, -0.05) is 37.6 Å². The van der Waals surface area contributed by atoms with Crippen LogP contribution in [0.5, 0.6) is 5.75 Å². The van der Waals surface area contributed by atoms with Crippen LogP contribution >= 0.6 is 0 Å². The fourth-order valence-electron chi connectivity index (χ4n) is 2.11. The highest BCUT2D eigenvalue weighted by atomic mass is 16.3. The van der Waals surface area contributed by atoms with Crippen LogP contribution in [0.25, 0.3) is 10.8 Å². The molecule has 0 bridgehead atoms. The fraction of sp³-hybridized carbons (Fsp3) is 0.250. The van der Waals surface area contributed by atoms with Crippen molar-refractivity contribution in [2.75, 3.05) is 0 Å². The van der Waals surface area contributed by atoms with Gasteiger partial charge in [-0.05, 0) is 36.2 Å². The summed E-state index contributed by atoms with van der Waals surface area (Å²) >= 11 is 0. The van der Waals surface area contributed by atoms with Crippen molar-refractivity contribution < 1.29 is 9.90 Å². The zero-order valence-electron chi connectivity index (χ0n) is 11.7. The van der Waals surface area contributed by atoms with E-state index < -0.39 is 0 Å². The lowest BCUT2D eigenvalue weighted by molar-refractivity contribution is 0.0956. The lowest BCUT2D eigenvalue weighted by Gasteiger charge is -2.07. The van der Waals surface area contributed by atoms with Crippen LogP contribution in [0.15, 0.2) is 41.5 Å². The van der Waals surface area contributed by atoms with Crippen LogP contribution in [0, 0.1) is 0 Å². The second-order valence-electron chi connectivity index (χ2n) is 4.75. The van der Waals surface area contributed by atoms with E-state index in [4.69, 9.17) is 0 Å². The first-order valence-electron chi connectivity index (χ1n) is 6.67. The second-order valence-corrected chi connectivity index (χ2v) is 4.75. The first-order chi connectivity index (χ1) is 9.61. The summed E-state index contributed by atoms with van der Waals surface area (Å²) in [7, 11) is 0. The summed E-state index contributed by atoms with van der Waals surface area (Å²) in [6, 6.07) is 10.5. The molecule has 0 spiro atoms. The van der Waals surface area contributed by atoms with Crippen LogP contribution < -0.4 is 5.43 Å². The Kier molecular flexibility index (Phi) is 4.35. The maximum atomic E-state index is 12.2. The van der Waals surface area contributed by atoms with Gasteiger partial charge in [0, 0.05) is 5.71 Å². The average Bonchev–Trinajstić information content (AvgIpc) is 2.44. The molecule has 0 saturated carbocycles. The quantitative estimate of drug-likeness (QED) is 0.660. The van der Waals surface area contributed by atoms with E-state index in [-0.39, 0.29) is 11.7 Å². The molecule has 0 fully saturated rings. The average molecular weight is 270 g/mol. The summed E-state index contributed by atoms with van der Waals surface area (Å²) in [5.74, 6) is -0.240. The lowest BCUT2D eigenvalue weighted by Crippen LogP contribution is -2.19. The minimum atomic E-state index is -0.312. The molecule has 0 aliphatic heterocycles. The zero-order chi connectivity index (χ0) is 14.5. The summed E-state index contributed by atoms with van der Waals surface area (Å²) in [4.78, 5) is 12.2. The SMILES string of the molecule is CCCC(C)=NNC(=O)c1cc(O)cc2ccccc12. The first kappa shape index (κ1) is 14.1. The van der Waals surface area contributed by atoms with Crippen molar-refractivity contribution in [2.24, 2.45) is 5.10 Å². The van der Waals surface area contributed by atoms with Crippen molar-refractivity contribution in [1.29, 1.82) is 0 Å². The van der Waals surface area contributed by atoms with E-state index in [9.17, 15) is 9.90 Å². The molecule has 2 rings (SSSR count). The van der Waals surface area contributed by atoms with E-state index in [1.54, 1.807) is 6.07 Å². The van der Waals surface area contributed by atoms with Crippen molar-refractivity contribution in [3.8, 4) is 5.75 Å². The van der Waals surface area contributed by atoms with E-state index in [0.717, 1.165) is 29.3 Å². The Hall–Kier alpha value is -2.36. The molecule has 0 aliphatic carbocycles. The van der Waals surface area contributed by atoms with Crippen LogP contribution in [0.1, 0.15) is 37.0 Å². The molecular weight excluding hydrogens is 252 g/mol. The zero-order valence-corrected chi connectivity index (χ0v) is 11.7. The highest BCUT2D eigenvalue weighted by Crippen LogP contribution is 2.24. The molecule has 0 unspecified atom stereocenters. The van der Waals surface area contributed by atoms with Gasteiger partial charge in [0.25, 0.3) is 5.91 Å². The number of fused-ring (bicyclic) bond motifs is 1. The molecule has 0 saturated heterocycles. The standard InChI is InChI=1S/C16H18N2O2/c1-3-6-11(2)17-18-16(20)15-10-13(19)9-12-7-4-5-8-14(12)15/h4-5,7-10,19H,3,6H2,1-2H3,(H,18,20). The number of phenolic OH excluding ortho intramolecular Hbond substituents is 1. The molecule has 2 aromatic carbocycles. The number of rotatable bonds is 4. The number of nitrogens with zero attached hydrogens (tertiary/aromatic N) is 1. The van der Waals surface area contributed by atoms with E-state index in [1.165, 1.54) is 6.07 Å². The predicted octanol–water partition coefficient (Wildman–Crippen LogP) is 3.45. The van der Waals surface area contributed by atoms with Crippen LogP contribution in [-0.4, -0.2) is 16.7 Å². The maximum absolute atomic E-state index is 12.2. The Balaban J connectivity index is 2.32. The molecule has 0 radical (unpaired) electrons. The normalized spacial score (nSPS) is 11.6. The van der Waals surface area contributed by atoms with E-state index in [0.29, 0.717) is 5.56 Å². The van der Waals surface area contributed by atoms with Crippen molar-refractivity contribution in [1.82, 2.24) is 5.43 Å². The molecular formula is C16H18N2O2. The summed E-state index contributed by atoms with van der Waals surface area (Å²) in [5, 5.41) is 15.4. The number of hydrogen-bond acceptors (Lipinski definition) is 3. The Morgan fingerprint density at radius 2 is 2.05 bits per heavy atom. The summed E-state index contributed by atoms with van der Waals surface area (Å²) in [5.41, 5.74) is 3.85. The van der Waals surface area contributed by atoms with Gasteiger partial charge < -0.3 is 5.11 Å². The number of hydrazone groups is 1. The van der Waals surface area contributed by atoms with Crippen molar-refractivity contribution in [3.63, 3.8) is 0 Å². The lowest BCUT2D eigenvalue weighted by atomic mass is 10.0. The topological polar surface area (TPSA) is 61.7 Å².